The minimum absolute atomic E-state index is 0.209. The van der Waals surface area contributed by atoms with Gasteiger partial charge in [0.25, 0.3) is 0 Å². The average Bonchev–Trinajstić information content (AvgIpc) is 3.21. The van der Waals surface area contributed by atoms with E-state index in [0.29, 0.717) is 24.2 Å². The average molecular weight is 507 g/mol. The number of anilines is 1. The summed E-state index contributed by atoms with van der Waals surface area (Å²) in [6.45, 7) is 7.63. The Morgan fingerprint density at radius 2 is 1.74 bits per heavy atom. The molecule has 1 aliphatic heterocycles. The lowest BCUT2D eigenvalue weighted by molar-refractivity contribution is 0.312. The molecule has 4 rings (SSSR count). The molecule has 0 bridgehead atoms. The maximum Gasteiger partial charge on any atom is 0.322 e. The first-order valence-corrected chi connectivity index (χ1v) is 12.8. The predicted octanol–water partition coefficient (Wildman–Crippen LogP) is 3.16. The van der Waals surface area contributed by atoms with Crippen molar-refractivity contribution in [2.75, 3.05) is 38.1 Å². The first-order valence-electron chi connectivity index (χ1n) is 11.3. The zero-order chi connectivity index (χ0) is 25.2. The lowest BCUT2D eigenvalue weighted by Gasteiger charge is -2.34. The molecule has 12 heteroatoms. The molecular weight excluding hydrogens is 478 g/mol. The van der Waals surface area contributed by atoms with Crippen LogP contribution in [0.5, 0.6) is 11.8 Å². The number of benzene rings is 2. The molecular formula is C23H28F2N6O3S. The Kier molecular flexibility index (Phi) is 7.33. The van der Waals surface area contributed by atoms with Gasteiger partial charge in [-0.2, -0.15) is 0 Å². The summed E-state index contributed by atoms with van der Waals surface area (Å²) >= 11 is 0. The molecule has 3 aromatic rings. The van der Waals surface area contributed by atoms with E-state index in [2.05, 4.69) is 31.8 Å². The van der Waals surface area contributed by atoms with Gasteiger partial charge in [-0.1, -0.05) is 11.2 Å². The van der Waals surface area contributed by atoms with Crippen molar-refractivity contribution >= 4 is 15.7 Å². The number of nitrogens with one attached hydrogen (secondary N) is 1. The second kappa shape index (κ2) is 10.3. The van der Waals surface area contributed by atoms with Gasteiger partial charge in [0.15, 0.2) is 5.82 Å². The lowest BCUT2D eigenvalue weighted by atomic mass is 10.2. The van der Waals surface area contributed by atoms with E-state index in [0.717, 1.165) is 44.0 Å². The van der Waals surface area contributed by atoms with Gasteiger partial charge in [0.1, 0.15) is 17.4 Å². The summed E-state index contributed by atoms with van der Waals surface area (Å²) in [5, 5.41) is 8.22. The van der Waals surface area contributed by atoms with Gasteiger partial charge in [-0.15, -0.1) is 5.10 Å². The van der Waals surface area contributed by atoms with Crippen molar-refractivity contribution in [2.24, 2.45) is 0 Å². The minimum Gasteiger partial charge on any atom is -0.424 e. The van der Waals surface area contributed by atoms with Gasteiger partial charge < -0.3 is 14.5 Å². The second-order valence-corrected chi connectivity index (χ2v) is 10.1. The molecule has 9 nitrogen and oxygen atoms in total. The number of ether oxygens (including phenoxy) is 1. The number of hydrogen-bond acceptors (Lipinski definition) is 7. The summed E-state index contributed by atoms with van der Waals surface area (Å²) in [6.07, 6.45) is 0. The van der Waals surface area contributed by atoms with Crippen LogP contribution in [0, 0.1) is 11.6 Å². The predicted molar refractivity (Wildman–Crippen MR) is 127 cm³/mol. The van der Waals surface area contributed by atoms with E-state index in [-0.39, 0.29) is 6.01 Å². The third kappa shape index (κ3) is 5.77. The standard InChI is InChI=1S/C23H28F2N6O3S/c1-4-31-22(16(2)28-35(32,33)21-13-17(24)12-18(25)14-21)26-27-23(31)34-20-7-5-6-19(15-20)30-10-8-29(3)9-11-30/h5-7,12-16,28H,4,8-11H2,1-3H3/t16-/m1/s1. The first kappa shape index (κ1) is 25.0. The Labute approximate surface area is 203 Å². The van der Waals surface area contributed by atoms with Gasteiger partial charge >= 0.3 is 6.01 Å². The van der Waals surface area contributed by atoms with Gasteiger partial charge in [-0.05, 0) is 45.2 Å². The molecule has 0 aliphatic carbocycles. The van der Waals surface area contributed by atoms with Crippen molar-refractivity contribution in [3.05, 3.63) is 59.9 Å². The van der Waals surface area contributed by atoms with Crippen LogP contribution in [0.2, 0.25) is 0 Å². The Balaban J connectivity index is 1.52. The smallest absolute Gasteiger partial charge is 0.322 e. The maximum absolute atomic E-state index is 13.5. The molecule has 0 amide bonds. The highest BCUT2D eigenvalue weighted by molar-refractivity contribution is 7.89. The van der Waals surface area contributed by atoms with Crippen molar-refractivity contribution in [1.29, 1.82) is 0 Å². The van der Waals surface area contributed by atoms with Gasteiger partial charge in [0, 0.05) is 50.5 Å². The van der Waals surface area contributed by atoms with Crippen LogP contribution in [-0.2, 0) is 16.6 Å². The third-order valence-corrected chi connectivity index (χ3v) is 7.34. The second-order valence-electron chi connectivity index (χ2n) is 8.42. The highest BCUT2D eigenvalue weighted by Gasteiger charge is 2.25. The Morgan fingerprint density at radius 3 is 2.40 bits per heavy atom. The van der Waals surface area contributed by atoms with Crippen LogP contribution in [0.25, 0.3) is 0 Å². The third-order valence-electron chi connectivity index (χ3n) is 5.82. The molecule has 1 atom stereocenters. The van der Waals surface area contributed by atoms with Crippen molar-refractivity contribution in [1.82, 2.24) is 24.4 Å². The molecule has 1 fully saturated rings. The van der Waals surface area contributed by atoms with Crippen LogP contribution in [-0.4, -0.2) is 61.3 Å². The lowest BCUT2D eigenvalue weighted by Crippen LogP contribution is -2.44. The zero-order valence-electron chi connectivity index (χ0n) is 19.8. The largest absolute Gasteiger partial charge is 0.424 e. The van der Waals surface area contributed by atoms with Gasteiger partial charge in [-0.25, -0.2) is 21.9 Å². The van der Waals surface area contributed by atoms with Crippen LogP contribution >= 0.6 is 0 Å². The molecule has 35 heavy (non-hydrogen) atoms. The van der Waals surface area contributed by atoms with Crippen molar-refractivity contribution < 1.29 is 21.9 Å². The number of aromatic nitrogens is 3. The molecule has 1 aromatic heterocycles. The number of hydrogen-bond donors (Lipinski definition) is 1. The van der Waals surface area contributed by atoms with Crippen molar-refractivity contribution in [3.8, 4) is 11.8 Å². The fourth-order valence-electron chi connectivity index (χ4n) is 3.94. The summed E-state index contributed by atoms with van der Waals surface area (Å²) in [5.41, 5.74) is 1.04. The van der Waals surface area contributed by atoms with Gasteiger partial charge in [0.05, 0.1) is 10.9 Å². The summed E-state index contributed by atoms with van der Waals surface area (Å²) in [4.78, 5) is 4.05. The Hall–Kier alpha value is -3.09. The van der Waals surface area contributed by atoms with E-state index >= 15 is 0 Å². The molecule has 1 aliphatic rings. The van der Waals surface area contributed by atoms with Crippen molar-refractivity contribution in [3.63, 3.8) is 0 Å². The summed E-state index contributed by atoms with van der Waals surface area (Å²) < 4.78 is 62.5. The number of halogens is 2. The molecule has 1 N–H and O–H groups in total. The molecule has 1 saturated heterocycles. The molecule has 0 saturated carbocycles. The highest BCUT2D eigenvalue weighted by atomic mass is 32.2. The minimum atomic E-state index is -4.21. The molecule has 0 unspecified atom stereocenters. The van der Waals surface area contributed by atoms with Crippen LogP contribution < -0.4 is 14.4 Å². The highest BCUT2D eigenvalue weighted by Crippen LogP contribution is 2.28. The van der Waals surface area contributed by atoms with Gasteiger partial charge in [-0.3, -0.25) is 4.57 Å². The topological polar surface area (TPSA) is 92.6 Å². The van der Waals surface area contributed by atoms with Gasteiger partial charge in [0.2, 0.25) is 10.0 Å². The zero-order valence-corrected chi connectivity index (χ0v) is 20.6. The van der Waals surface area contributed by atoms with E-state index < -0.39 is 32.6 Å². The van der Waals surface area contributed by atoms with Crippen LogP contribution in [0.15, 0.2) is 47.4 Å². The van der Waals surface area contributed by atoms with E-state index in [1.807, 2.05) is 31.2 Å². The van der Waals surface area contributed by atoms with E-state index in [4.69, 9.17) is 4.74 Å². The summed E-state index contributed by atoms with van der Waals surface area (Å²) in [5.74, 6) is -1.08. The fraction of sp³-hybridized carbons (Fsp3) is 0.391. The molecule has 188 valence electrons. The van der Waals surface area contributed by atoms with E-state index in [1.165, 1.54) is 0 Å². The summed E-state index contributed by atoms with van der Waals surface area (Å²) in [6, 6.07) is 9.18. The Morgan fingerprint density at radius 1 is 1.06 bits per heavy atom. The quantitative estimate of drug-likeness (QED) is 0.502. The number of piperazine rings is 1. The number of likely N-dealkylation sites (N-methyl/N-ethyl adjacent to an activating group) is 1. The molecule has 2 aromatic carbocycles. The van der Waals surface area contributed by atoms with Crippen molar-refractivity contribution in [2.45, 2.75) is 31.3 Å². The molecule has 2 heterocycles. The summed E-state index contributed by atoms with van der Waals surface area (Å²) in [7, 11) is -2.11. The SMILES string of the molecule is CCn1c(Oc2cccc(N3CCN(C)CC3)c2)nnc1[C@@H](C)NS(=O)(=O)c1cc(F)cc(F)c1. The van der Waals surface area contributed by atoms with E-state index in [1.54, 1.807) is 11.5 Å². The Bertz CT molecular complexity index is 1270. The number of sulfonamides is 1. The molecule has 0 spiro atoms. The normalized spacial score (nSPS) is 15.9. The maximum atomic E-state index is 13.5. The van der Waals surface area contributed by atoms with Crippen LogP contribution in [0.4, 0.5) is 14.5 Å². The molecule has 0 radical (unpaired) electrons. The van der Waals surface area contributed by atoms with Crippen LogP contribution in [0.1, 0.15) is 25.7 Å². The van der Waals surface area contributed by atoms with Crippen LogP contribution in [0.3, 0.4) is 0 Å². The van der Waals surface area contributed by atoms with E-state index in [9.17, 15) is 17.2 Å². The monoisotopic (exact) mass is 506 g/mol. The number of rotatable bonds is 8. The first-order chi connectivity index (χ1) is 16.7. The number of nitrogens with zero attached hydrogens (tertiary/aromatic N) is 5. The fourth-order valence-corrected chi connectivity index (χ4v) is 5.19.